The van der Waals surface area contributed by atoms with Gasteiger partial charge in [-0.1, -0.05) is 23.1 Å². The van der Waals surface area contributed by atoms with Crippen LogP contribution in [0.25, 0.3) is 0 Å². The van der Waals surface area contributed by atoms with E-state index in [1.165, 1.54) is 44.4 Å². The highest BCUT2D eigenvalue weighted by Gasteiger charge is 2.42. The minimum atomic E-state index is -0.742. The monoisotopic (exact) mass is 510 g/mol. The van der Waals surface area contributed by atoms with Gasteiger partial charge in [-0.05, 0) is 18.9 Å². The number of nitriles is 2. The predicted octanol–water partition coefficient (Wildman–Crippen LogP) is 3.48. The molecule has 0 spiro atoms. The molecule has 0 bridgehead atoms. The van der Waals surface area contributed by atoms with Crippen LogP contribution in [0.2, 0.25) is 0 Å². The summed E-state index contributed by atoms with van der Waals surface area (Å²) >= 11 is 2.52. The van der Waals surface area contributed by atoms with Gasteiger partial charge in [0, 0.05) is 29.3 Å². The first-order valence-corrected chi connectivity index (χ1v) is 12.4. The molecule has 0 saturated carbocycles. The molecular weight excluding hydrogens is 488 g/mol. The van der Waals surface area contributed by atoms with Gasteiger partial charge in [0.25, 0.3) is 0 Å². The van der Waals surface area contributed by atoms with E-state index in [0.29, 0.717) is 62.8 Å². The lowest BCUT2D eigenvalue weighted by atomic mass is 9.75. The molecule has 2 aromatic rings. The molecular formula is C23H22N6O4S2. The molecule has 4 rings (SSSR count). The third-order valence-corrected chi connectivity index (χ3v) is 7.72. The fraction of sp³-hybridized carbons (Fsp3) is 0.348. The van der Waals surface area contributed by atoms with E-state index >= 15 is 0 Å². The highest BCUT2D eigenvalue weighted by molar-refractivity contribution is 8.01. The number of anilines is 1. The number of thioether (sulfide) groups is 1. The van der Waals surface area contributed by atoms with Crippen LogP contribution >= 0.6 is 23.1 Å². The standard InChI is InChI=1S/C23H22N6O4S2/c1-31-16-10-18(33-3)17(32-2)9-12(16)19-13(11-25)21(26)29(14-5-4-6-15(30)20(14)19)22-27-28-23(35-22)34-8-7-24/h9-10,19H,4-6,8,26H2,1-3H3. The topological polar surface area (TPSA) is 147 Å². The smallest absolute Gasteiger partial charge is 0.219 e. The van der Waals surface area contributed by atoms with Gasteiger partial charge in [0.1, 0.15) is 11.6 Å². The van der Waals surface area contributed by atoms with Crippen LogP contribution in [0, 0.1) is 22.7 Å². The number of carbonyl (C=O) groups excluding carboxylic acids is 1. The van der Waals surface area contributed by atoms with Crippen molar-refractivity contribution < 1.29 is 19.0 Å². The molecule has 1 unspecified atom stereocenters. The summed E-state index contributed by atoms with van der Waals surface area (Å²) in [7, 11) is 4.54. The van der Waals surface area contributed by atoms with Gasteiger partial charge in [0.05, 0.1) is 50.7 Å². The molecule has 180 valence electrons. The van der Waals surface area contributed by atoms with Crippen LogP contribution in [0.15, 0.2) is 39.1 Å². The Bertz CT molecular complexity index is 1320. The second-order valence-corrected chi connectivity index (χ2v) is 9.74. The number of ether oxygens (including phenoxy) is 3. The molecule has 2 N–H and O–H groups in total. The number of ketones is 1. The molecule has 1 atom stereocenters. The van der Waals surface area contributed by atoms with Crippen molar-refractivity contribution in [3.8, 4) is 29.4 Å². The number of nitrogens with two attached hydrogens (primary N) is 1. The third-order valence-electron chi connectivity index (χ3n) is 5.81. The number of benzene rings is 1. The first kappa shape index (κ1) is 24.4. The van der Waals surface area contributed by atoms with Gasteiger partial charge in [-0.15, -0.1) is 10.2 Å². The fourth-order valence-corrected chi connectivity index (χ4v) is 5.88. The van der Waals surface area contributed by atoms with E-state index in [9.17, 15) is 10.1 Å². The van der Waals surface area contributed by atoms with Gasteiger partial charge in [0.15, 0.2) is 21.6 Å². The molecule has 1 aromatic carbocycles. The Labute approximate surface area is 210 Å². The highest BCUT2D eigenvalue weighted by atomic mass is 32.2. The quantitative estimate of drug-likeness (QED) is 0.546. The summed E-state index contributed by atoms with van der Waals surface area (Å²) < 4.78 is 17.1. The van der Waals surface area contributed by atoms with Crippen molar-refractivity contribution in [2.75, 3.05) is 32.0 Å². The number of nitrogens with zero attached hydrogens (tertiary/aromatic N) is 5. The maximum atomic E-state index is 13.4. The van der Waals surface area contributed by atoms with Crippen LogP contribution in [-0.2, 0) is 4.79 Å². The van der Waals surface area contributed by atoms with Crippen LogP contribution in [0.3, 0.4) is 0 Å². The van der Waals surface area contributed by atoms with Gasteiger partial charge in [-0.25, -0.2) is 0 Å². The van der Waals surface area contributed by atoms with E-state index in [2.05, 4.69) is 22.3 Å². The molecule has 0 fully saturated rings. The number of hydrogen-bond donors (Lipinski definition) is 1. The molecule has 35 heavy (non-hydrogen) atoms. The second kappa shape index (κ2) is 10.3. The van der Waals surface area contributed by atoms with Gasteiger partial charge in [-0.3, -0.25) is 9.69 Å². The Kier molecular flexibility index (Phi) is 7.15. The average molecular weight is 511 g/mol. The summed E-state index contributed by atoms with van der Waals surface area (Å²) in [6, 6.07) is 7.67. The van der Waals surface area contributed by atoms with Crippen molar-refractivity contribution in [3.05, 3.63) is 40.4 Å². The number of hydrogen-bond acceptors (Lipinski definition) is 12. The molecule has 12 heteroatoms. The number of allylic oxidation sites excluding steroid dienone is 3. The Morgan fingerprint density at radius 3 is 2.51 bits per heavy atom. The fourth-order valence-electron chi connectivity index (χ4n) is 4.34. The number of aromatic nitrogens is 2. The van der Waals surface area contributed by atoms with Gasteiger partial charge >= 0.3 is 0 Å². The molecule has 1 aliphatic carbocycles. The zero-order valence-corrected chi connectivity index (χ0v) is 21.0. The lowest BCUT2D eigenvalue weighted by Crippen LogP contribution is -2.38. The van der Waals surface area contributed by atoms with Gasteiger partial charge in [-0.2, -0.15) is 10.5 Å². The molecule has 0 amide bonds. The first-order chi connectivity index (χ1) is 17.0. The number of methoxy groups -OCH3 is 3. The maximum Gasteiger partial charge on any atom is 0.219 e. The largest absolute Gasteiger partial charge is 0.496 e. The normalized spacial score (nSPS) is 17.6. The van der Waals surface area contributed by atoms with Crippen molar-refractivity contribution in [1.29, 1.82) is 10.5 Å². The van der Waals surface area contributed by atoms with E-state index in [4.69, 9.17) is 25.2 Å². The molecule has 2 aliphatic rings. The zero-order chi connectivity index (χ0) is 25.1. The van der Waals surface area contributed by atoms with E-state index in [1.54, 1.807) is 17.0 Å². The second-order valence-electron chi connectivity index (χ2n) is 7.56. The molecule has 0 radical (unpaired) electrons. The Balaban J connectivity index is 1.94. The predicted molar refractivity (Wildman–Crippen MR) is 130 cm³/mol. The van der Waals surface area contributed by atoms with E-state index < -0.39 is 5.92 Å². The average Bonchev–Trinajstić information content (AvgIpc) is 3.34. The lowest BCUT2D eigenvalue weighted by Gasteiger charge is -2.38. The molecule has 2 heterocycles. The third kappa shape index (κ3) is 4.27. The minimum absolute atomic E-state index is 0.0677. The van der Waals surface area contributed by atoms with E-state index in [0.717, 1.165) is 0 Å². The van der Waals surface area contributed by atoms with E-state index in [-0.39, 0.29) is 22.9 Å². The van der Waals surface area contributed by atoms with Crippen LogP contribution in [0.1, 0.15) is 30.7 Å². The number of Topliss-reactive ketones (excluding diaryl/α,β-unsaturated/α-hetero) is 1. The molecule has 10 nitrogen and oxygen atoms in total. The summed E-state index contributed by atoms with van der Waals surface area (Å²) in [6.07, 6.45) is 1.58. The highest BCUT2D eigenvalue weighted by Crippen LogP contribution is 2.50. The van der Waals surface area contributed by atoms with Crippen molar-refractivity contribution in [2.24, 2.45) is 5.73 Å². The lowest BCUT2D eigenvalue weighted by molar-refractivity contribution is -0.116. The Morgan fingerprint density at radius 2 is 1.86 bits per heavy atom. The van der Waals surface area contributed by atoms with Gasteiger partial charge < -0.3 is 19.9 Å². The summed E-state index contributed by atoms with van der Waals surface area (Å²) in [5, 5.41) is 27.9. The summed E-state index contributed by atoms with van der Waals surface area (Å²) in [5.41, 5.74) is 8.54. The van der Waals surface area contributed by atoms with Gasteiger partial charge in [0.2, 0.25) is 5.13 Å². The molecule has 1 aromatic heterocycles. The summed E-state index contributed by atoms with van der Waals surface area (Å²) in [5.74, 6) is 0.943. The Hall–Kier alpha value is -3.74. The first-order valence-electron chi connectivity index (χ1n) is 10.6. The molecule has 1 aliphatic heterocycles. The van der Waals surface area contributed by atoms with Crippen molar-refractivity contribution in [1.82, 2.24) is 10.2 Å². The van der Waals surface area contributed by atoms with Crippen LogP contribution < -0.4 is 24.8 Å². The van der Waals surface area contributed by atoms with Crippen LogP contribution in [-0.4, -0.2) is 43.1 Å². The SMILES string of the molecule is COc1cc(OC)c(C2C(C#N)=C(N)N(c3nnc(SCC#N)s3)C3=C2C(=O)CCC3)cc1OC. The summed E-state index contributed by atoms with van der Waals surface area (Å²) in [4.78, 5) is 15.0. The van der Waals surface area contributed by atoms with Crippen LogP contribution in [0.5, 0.6) is 17.2 Å². The summed E-state index contributed by atoms with van der Waals surface area (Å²) in [6.45, 7) is 0. The number of carbonyl (C=O) groups is 1. The number of rotatable bonds is 7. The maximum absolute atomic E-state index is 13.4. The Morgan fingerprint density at radius 1 is 1.14 bits per heavy atom. The van der Waals surface area contributed by atoms with Crippen molar-refractivity contribution in [3.63, 3.8) is 0 Å². The van der Waals surface area contributed by atoms with Crippen molar-refractivity contribution in [2.45, 2.75) is 29.5 Å². The zero-order valence-electron chi connectivity index (χ0n) is 19.3. The van der Waals surface area contributed by atoms with Crippen LogP contribution in [0.4, 0.5) is 5.13 Å². The molecule has 0 saturated heterocycles. The van der Waals surface area contributed by atoms with Crippen molar-refractivity contribution >= 4 is 34.0 Å². The van der Waals surface area contributed by atoms with E-state index in [1.807, 2.05) is 0 Å². The minimum Gasteiger partial charge on any atom is -0.496 e.